The van der Waals surface area contributed by atoms with Crippen LogP contribution in [0.1, 0.15) is 54.3 Å². The van der Waals surface area contributed by atoms with E-state index in [-0.39, 0.29) is 29.4 Å². The molecule has 1 aliphatic carbocycles. The van der Waals surface area contributed by atoms with Gasteiger partial charge in [-0.3, -0.25) is 9.69 Å². The number of rotatable bonds is 13. The zero-order valence-corrected chi connectivity index (χ0v) is 31.2. The molecule has 0 amide bonds. The Morgan fingerprint density at radius 1 is 0.902 bits per heavy atom. The Morgan fingerprint density at radius 3 is 2.24 bits per heavy atom. The van der Waals surface area contributed by atoms with E-state index in [4.69, 9.17) is 33.2 Å². The largest absolute Gasteiger partial charge is 0.497 e. The molecule has 6 atom stereocenters. The fraction of sp³-hybridized carbons (Fsp3) is 0.590. The molecule has 0 N–H and O–H groups in total. The number of carbonyl (C=O) groups excluding carboxylic acids is 2. The number of fused-ring (bicyclic) bond motifs is 6. The minimum absolute atomic E-state index is 0.0329. The van der Waals surface area contributed by atoms with Crippen LogP contribution in [0.5, 0.6) is 23.0 Å². The second kappa shape index (κ2) is 15.7. The molecule has 1 saturated carbocycles. The van der Waals surface area contributed by atoms with Gasteiger partial charge in [0, 0.05) is 50.4 Å². The molecule has 3 heterocycles. The minimum Gasteiger partial charge on any atom is -0.497 e. The van der Waals surface area contributed by atoms with Crippen LogP contribution >= 0.6 is 0 Å². The molecule has 1 saturated heterocycles. The molecule has 12 nitrogen and oxygen atoms in total. The van der Waals surface area contributed by atoms with Gasteiger partial charge in [-0.15, -0.1) is 0 Å². The lowest BCUT2D eigenvalue weighted by Crippen LogP contribution is -2.58. The van der Waals surface area contributed by atoms with Gasteiger partial charge in [0.15, 0.2) is 11.5 Å². The predicted octanol–water partition coefficient (Wildman–Crippen LogP) is 4.99. The van der Waals surface area contributed by atoms with Gasteiger partial charge >= 0.3 is 11.9 Å². The Balaban J connectivity index is 1.34. The molecule has 0 spiro atoms. The van der Waals surface area contributed by atoms with E-state index in [0.29, 0.717) is 23.7 Å². The topological polar surface area (TPSA) is 110 Å². The van der Waals surface area contributed by atoms with Gasteiger partial charge in [-0.1, -0.05) is 13.8 Å². The highest BCUT2D eigenvalue weighted by atomic mass is 16.6. The fourth-order valence-electron chi connectivity index (χ4n) is 9.02. The third-order valence-electron chi connectivity index (χ3n) is 11.6. The number of nitrogens with zero attached hydrogens (tertiary/aromatic N) is 3. The fourth-order valence-corrected chi connectivity index (χ4v) is 9.02. The number of likely N-dealkylation sites (N-methyl/N-ethyl adjacent to an activating group) is 1. The normalized spacial score (nSPS) is 24.3. The summed E-state index contributed by atoms with van der Waals surface area (Å²) < 4.78 is 42.3. The highest BCUT2D eigenvalue weighted by Crippen LogP contribution is 2.51. The van der Waals surface area contributed by atoms with E-state index in [2.05, 4.69) is 46.4 Å². The van der Waals surface area contributed by atoms with Gasteiger partial charge < -0.3 is 42.6 Å². The smallest absolute Gasteiger partial charge is 0.338 e. The lowest BCUT2D eigenvalue weighted by atomic mass is 9.63. The van der Waals surface area contributed by atoms with Crippen LogP contribution in [0.3, 0.4) is 0 Å². The monoisotopic (exact) mass is 707 g/mol. The second-order valence-electron chi connectivity index (χ2n) is 13.7. The Hall–Kier alpha value is -4.00. The second-order valence-corrected chi connectivity index (χ2v) is 13.7. The van der Waals surface area contributed by atoms with Crippen LogP contribution in [0, 0.1) is 17.8 Å². The van der Waals surface area contributed by atoms with Crippen molar-refractivity contribution in [3.05, 3.63) is 47.2 Å². The molecule has 0 bridgehead atoms. The summed E-state index contributed by atoms with van der Waals surface area (Å²) in [5, 5.41) is 1.27. The molecule has 0 radical (unpaired) electrons. The van der Waals surface area contributed by atoms with Crippen molar-refractivity contribution in [2.75, 3.05) is 75.4 Å². The standard InChI is InChI=1S/C39H53N3O9/c1-9-40(10-2)15-16-42-29-20-25(45-3)11-12-26(29)27-13-14-41-22-24-19-33(37(49-7)34(39(44)50-8)28(24)21-30(41)35(27)42)51-38(43)23-17-31(46-4)36(48-6)32(18-23)47-5/h11-12,17-18,20,24,28,30,33-34,37H,9-10,13-16,19,21-22H2,1-8H3/t24-,28-,30+,33+,34-,37-/m0/s1. The lowest BCUT2D eigenvalue weighted by Gasteiger charge is -2.53. The Morgan fingerprint density at radius 2 is 1.63 bits per heavy atom. The van der Waals surface area contributed by atoms with Crippen molar-refractivity contribution in [1.29, 1.82) is 0 Å². The summed E-state index contributed by atoms with van der Waals surface area (Å²) in [4.78, 5) is 32.5. The number of piperidine rings is 1. The van der Waals surface area contributed by atoms with E-state index in [1.807, 2.05) is 0 Å². The first kappa shape index (κ1) is 36.8. The molecule has 3 aliphatic rings. The molecular weight excluding hydrogens is 654 g/mol. The number of esters is 2. The number of carbonyl (C=O) groups is 2. The highest BCUT2D eigenvalue weighted by molar-refractivity contribution is 5.91. The van der Waals surface area contributed by atoms with E-state index >= 15 is 0 Å². The number of ether oxygens (including phenoxy) is 7. The Kier molecular flexibility index (Phi) is 11.3. The van der Waals surface area contributed by atoms with Gasteiger partial charge in [0.25, 0.3) is 0 Å². The maximum atomic E-state index is 13.7. The quantitative estimate of drug-likeness (QED) is 0.224. The first-order valence-corrected chi connectivity index (χ1v) is 18.0. The SMILES string of the molecule is CCN(CC)CCn1c2c(c3ccc(OC)cc31)CCN1C[C@@H]3C[C@@H](OC(=O)c4cc(OC)c(OC)c(OC)c4)[C@H](OC)[C@@H](C(=O)OC)[C@H]3C[C@H]21. The third-order valence-corrected chi connectivity index (χ3v) is 11.6. The molecule has 51 heavy (non-hydrogen) atoms. The van der Waals surface area contributed by atoms with Gasteiger partial charge in [0.2, 0.25) is 5.75 Å². The zero-order valence-electron chi connectivity index (χ0n) is 31.2. The van der Waals surface area contributed by atoms with Crippen LogP contribution in [-0.2, 0) is 32.0 Å². The van der Waals surface area contributed by atoms with Crippen molar-refractivity contribution in [2.45, 2.75) is 57.9 Å². The third kappa shape index (κ3) is 6.73. The van der Waals surface area contributed by atoms with Crippen molar-refractivity contribution >= 4 is 22.8 Å². The summed E-state index contributed by atoms with van der Waals surface area (Å²) in [5.74, 6) is 0.449. The number of hydrogen-bond donors (Lipinski definition) is 0. The average molecular weight is 708 g/mol. The van der Waals surface area contributed by atoms with E-state index < -0.39 is 24.1 Å². The summed E-state index contributed by atoms with van der Waals surface area (Å²) in [7, 11) is 9.21. The molecule has 12 heteroatoms. The first-order chi connectivity index (χ1) is 24.7. The predicted molar refractivity (Wildman–Crippen MR) is 192 cm³/mol. The van der Waals surface area contributed by atoms with Gasteiger partial charge in [0.05, 0.1) is 58.6 Å². The molecule has 0 unspecified atom stereocenters. The van der Waals surface area contributed by atoms with Crippen LogP contribution in [0.25, 0.3) is 10.9 Å². The van der Waals surface area contributed by atoms with Crippen LogP contribution in [0.4, 0.5) is 0 Å². The molecule has 2 fully saturated rings. The van der Waals surface area contributed by atoms with Gasteiger partial charge in [-0.05, 0) is 74.0 Å². The minimum atomic E-state index is -0.683. The lowest BCUT2D eigenvalue weighted by molar-refractivity contribution is -0.176. The van der Waals surface area contributed by atoms with E-state index in [1.165, 1.54) is 50.6 Å². The molecule has 2 aromatic carbocycles. The summed E-state index contributed by atoms with van der Waals surface area (Å²) in [6.07, 6.45) is 0.911. The van der Waals surface area contributed by atoms with E-state index in [9.17, 15) is 9.59 Å². The summed E-state index contributed by atoms with van der Waals surface area (Å²) in [6, 6.07) is 9.68. The molecule has 6 rings (SSSR count). The molecule has 1 aromatic heterocycles. The van der Waals surface area contributed by atoms with Crippen molar-refractivity contribution in [3.8, 4) is 23.0 Å². The molecule has 3 aromatic rings. The van der Waals surface area contributed by atoms with Gasteiger partial charge in [0.1, 0.15) is 18.0 Å². The van der Waals surface area contributed by atoms with Crippen LogP contribution < -0.4 is 18.9 Å². The van der Waals surface area contributed by atoms with Crippen LogP contribution in [0.2, 0.25) is 0 Å². The average Bonchev–Trinajstić information content (AvgIpc) is 3.48. The number of benzene rings is 2. The Bertz CT molecular complexity index is 1690. The maximum Gasteiger partial charge on any atom is 0.338 e. The van der Waals surface area contributed by atoms with Gasteiger partial charge in [-0.2, -0.15) is 0 Å². The number of methoxy groups -OCH3 is 6. The van der Waals surface area contributed by atoms with Gasteiger partial charge in [-0.25, -0.2) is 4.79 Å². The summed E-state index contributed by atoms with van der Waals surface area (Å²) >= 11 is 0. The van der Waals surface area contributed by atoms with Crippen LogP contribution in [-0.4, -0.2) is 114 Å². The Labute approximate surface area is 300 Å². The first-order valence-electron chi connectivity index (χ1n) is 18.0. The van der Waals surface area contributed by atoms with Crippen molar-refractivity contribution in [3.63, 3.8) is 0 Å². The van der Waals surface area contributed by atoms with E-state index in [0.717, 1.165) is 57.9 Å². The summed E-state index contributed by atoms with van der Waals surface area (Å²) in [6.45, 7) is 9.88. The zero-order chi connectivity index (χ0) is 36.4. The molecule has 278 valence electrons. The highest BCUT2D eigenvalue weighted by Gasteiger charge is 2.55. The molecular formula is C39H53N3O9. The van der Waals surface area contributed by atoms with E-state index in [1.54, 1.807) is 26.4 Å². The van der Waals surface area contributed by atoms with Crippen LogP contribution in [0.15, 0.2) is 30.3 Å². The van der Waals surface area contributed by atoms with Crippen molar-refractivity contribution in [1.82, 2.24) is 14.4 Å². The molecule has 2 aliphatic heterocycles. The maximum absolute atomic E-state index is 13.7. The number of hydrogen-bond acceptors (Lipinski definition) is 11. The summed E-state index contributed by atoms with van der Waals surface area (Å²) in [5.41, 5.74) is 4.16. The van der Waals surface area contributed by atoms with Crippen molar-refractivity contribution in [2.24, 2.45) is 17.8 Å². The van der Waals surface area contributed by atoms with Crippen molar-refractivity contribution < 1.29 is 42.7 Å². The number of aromatic nitrogens is 1.